The number of carbonyl (C=O) groups excluding carboxylic acids is 1. The molecular weight excluding hydrogens is 321 g/mol. The Hall–Kier alpha value is -2.56. The number of benzene rings is 2. The quantitative estimate of drug-likeness (QED) is 0.836. The Balaban J connectivity index is 1.67. The van der Waals surface area contributed by atoms with Gasteiger partial charge in [0.1, 0.15) is 5.82 Å². The number of methoxy groups -OCH3 is 1. The standard InChI is InChI=1S/C20H22FNO3/c1-3-25-17-9-4-14(12-18(17)24-2)13-22-19(23)20(10-11-20)15-5-7-16(21)8-6-15/h4-9,12H,3,10-11,13H2,1-2H3,(H,22,23). The predicted octanol–water partition coefficient (Wildman–Crippen LogP) is 3.58. The summed E-state index contributed by atoms with van der Waals surface area (Å²) >= 11 is 0. The normalized spacial score (nSPS) is 14.7. The van der Waals surface area contributed by atoms with Gasteiger partial charge in [0, 0.05) is 6.54 Å². The summed E-state index contributed by atoms with van der Waals surface area (Å²) in [4.78, 5) is 12.6. The lowest BCUT2D eigenvalue weighted by atomic mass is 9.95. The van der Waals surface area contributed by atoms with Gasteiger partial charge in [0.15, 0.2) is 11.5 Å². The molecule has 1 amide bonds. The monoisotopic (exact) mass is 343 g/mol. The van der Waals surface area contributed by atoms with Crippen LogP contribution in [-0.2, 0) is 16.8 Å². The smallest absolute Gasteiger partial charge is 0.230 e. The summed E-state index contributed by atoms with van der Waals surface area (Å²) < 4.78 is 23.9. The molecule has 0 heterocycles. The zero-order valence-electron chi connectivity index (χ0n) is 14.5. The minimum absolute atomic E-state index is 0.0213. The summed E-state index contributed by atoms with van der Waals surface area (Å²) in [6, 6.07) is 11.8. The Kier molecular flexibility index (Phi) is 4.93. The van der Waals surface area contributed by atoms with Crippen LogP contribution in [0, 0.1) is 5.82 Å². The molecule has 0 atom stereocenters. The number of rotatable bonds is 7. The maximum Gasteiger partial charge on any atom is 0.230 e. The van der Waals surface area contributed by atoms with Crippen LogP contribution in [0.3, 0.4) is 0 Å². The fourth-order valence-corrected chi connectivity index (χ4v) is 2.99. The van der Waals surface area contributed by atoms with Crippen LogP contribution in [-0.4, -0.2) is 19.6 Å². The molecule has 2 aromatic rings. The third-order valence-electron chi connectivity index (χ3n) is 4.56. The summed E-state index contributed by atoms with van der Waals surface area (Å²) in [5.74, 6) is 1.02. The third kappa shape index (κ3) is 3.60. The second kappa shape index (κ2) is 7.13. The molecule has 5 heteroatoms. The first kappa shape index (κ1) is 17.3. The van der Waals surface area contributed by atoms with Gasteiger partial charge in [-0.25, -0.2) is 4.39 Å². The van der Waals surface area contributed by atoms with E-state index < -0.39 is 5.41 Å². The van der Waals surface area contributed by atoms with E-state index >= 15 is 0 Å². The average Bonchev–Trinajstić information content (AvgIpc) is 3.43. The molecule has 0 aromatic heterocycles. The lowest BCUT2D eigenvalue weighted by Gasteiger charge is -2.16. The molecule has 0 spiro atoms. The largest absolute Gasteiger partial charge is 0.493 e. The molecule has 1 aliphatic carbocycles. The van der Waals surface area contributed by atoms with Crippen molar-refractivity contribution in [3.05, 3.63) is 59.4 Å². The molecule has 1 N–H and O–H groups in total. The third-order valence-corrected chi connectivity index (χ3v) is 4.56. The molecule has 0 aliphatic heterocycles. The highest BCUT2D eigenvalue weighted by atomic mass is 19.1. The summed E-state index contributed by atoms with van der Waals surface area (Å²) in [5, 5.41) is 2.99. The summed E-state index contributed by atoms with van der Waals surface area (Å²) in [7, 11) is 1.59. The van der Waals surface area contributed by atoms with Gasteiger partial charge in [0.25, 0.3) is 0 Å². The molecular formula is C20H22FNO3. The molecule has 0 saturated heterocycles. The number of carbonyl (C=O) groups is 1. The number of amides is 1. The first-order valence-corrected chi connectivity index (χ1v) is 8.43. The van der Waals surface area contributed by atoms with E-state index in [0.29, 0.717) is 24.7 Å². The van der Waals surface area contributed by atoms with E-state index in [1.807, 2.05) is 25.1 Å². The van der Waals surface area contributed by atoms with Crippen LogP contribution >= 0.6 is 0 Å². The minimum Gasteiger partial charge on any atom is -0.493 e. The van der Waals surface area contributed by atoms with E-state index in [-0.39, 0.29) is 11.7 Å². The number of hydrogen-bond donors (Lipinski definition) is 1. The van der Waals surface area contributed by atoms with Crippen molar-refractivity contribution in [3.63, 3.8) is 0 Å². The van der Waals surface area contributed by atoms with Crippen molar-refractivity contribution in [2.75, 3.05) is 13.7 Å². The van der Waals surface area contributed by atoms with Gasteiger partial charge < -0.3 is 14.8 Å². The van der Waals surface area contributed by atoms with E-state index in [1.165, 1.54) is 12.1 Å². The Morgan fingerprint density at radius 3 is 2.48 bits per heavy atom. The molecule has 1 fully saturated rings. The summed E-state index contributed by atoms with van der Waals surface area (Å²) in [5.41, 5.74) is 1.29. The number of ether oxygens (including phenoxy) is 2. The molecule has 2 aromatic carbocycles. The molecule has 0 bridgehead atoms. The van der Waals surface area contributed by atoms with E-state index in [4.69, 9.17) is 9.47 Å². The van der Waals surface area contributed by atoms with E-state index in [0.717, 1.165) is 24.0 Å². The summed E-state index contributed by atoms with van der Waals surface area (Å²) in [6.07, 6.45) is 1.58. The fraction of sp³-hybridized carbons (Fsp3) is 0.350. The molecule has 0 unspecified atom stereocenters. The molecule has 0 radical (unpaired) electrons. The van der Waals surface area contributed by atoms with Crippen LogP contribution in [0.4, 0.5) is 4.39 Å². The van der Waals surface area contributed by atoms with Crippen LogP contribution < -0.4 is 14.8 Å². The Labute approximate surface area is 147 Å². The van der Waals surface area contributed by atoms with Gasteiger partial charge in [-0.05, 0) is 55.2 Å². The van der Waals surface area contributed by atoms with Gasteiger partial charge >= 0.3 is 0 Å². The van der Waals surface area contributed by atoms with Gasteiger partial charge in [-0.15, -0.1) is 0 Å². The lowest BCUT2D eigenvalue weighted by molar-refractivity contribution is -0.123. The van der Waals surface area contributed by atoms with Gasteiger partial charge in [-0.2, -0.15) is 0 Å². The predicted molar refractivity (Wildman–Crippen MR) is 93.3 cm³/mol. The second-order valence-corrected chi connectivity index (χ2v) is 6.19. The van der Waals surface area contributed by atoms with Crippen LogP contribution in [0.1, 0.15) is 30.9 Å². The Morgan fingerprint density at radius 2 is 1.88 bits per heavy atom. The van der Waals surface area contributed by atoms with Gasteiger partial charge in [0.2, 0.25) is 5.91 Å². The first-order chi connectivity index (χ1) is 12.1. The molecule has 132 valence electrons. The van der Waals surface area contributed by atoms with Crippen molar-refractivity contribution in [2.24, 2.45) is 0 Å². The minimum atomic E-state index is -0.511. The maximum absolute atomic E-state index is 13.1. The van der Waals surface area contributed by atoms with E-state index in [9.17, 15) is 9.18 Å². The molecule has 1 saturated carbocycles. The van der Waals surface area contributed by atoms with E-state index in [1.54, 1.807) is 19.2 Å². The van der Waals surface area contributed by atoms with Crippen molar-refractivity contribution < 1.29 is 18.7 Å². The fourth-order valence-electron chi connectivity index (χ4n) is 2.99. The number of hydrogen-bond acceptors (Lipinski definition) is 3. The van der Waals surface area contributed by atoms with E-state index in [2.05, 4.69) is 5.32 Å². The number of nitrogens with one attached hydrogen (secondary N) is 1. The van der Waals surface area contributed by atoms with Crippen LogP contribution in [0.2, 0.25) is 0 Å². The SMILES string of the molecule is CCOc1ccc(CNC(=O)C2(c3ccc(F)cc3)CC2)cc1OC. The highest BCUT2D eigenvalue weighted by molar-refractivity contribution is 5.91. The van der Waals surface area contributed by atoms with Gasteiger partial charge in [0.05, 0.1) is 19.1 Å². The topological polar surface area (TPSA) is 47.6 Å². The second-order valence-electron chi connectivity index (χ2n) is 6.19. The highest BCUT2D eigenvalue weighted by Gasteiger charge is 2.51. The van der Waals surface area contributed by atoms with Crippen molar-refractivity contribution in [1.29, 1.82) is 0 Å². The average molecular weight is 343 g/mol. The zero-order valence-corrected chi connectivity index (χ0v) is 14.5. The van der Waals surface area contributed by atoms with Gasteiger partial charge in [-0.3, -0.25) is 4.79 Å². The Morgan fingerprint density at radius 1 is 1.16 bits per heavy atom. The maximum atomic E-state index is 13.1. The zero-order chi connectivity index (χ0) is 17.9. The molecule has 25 heavy (non-hydrogen) atoms. The molecule has 3 rings (SSSR count). The van der Waals surface area contributed by atoms with Crippen LogP contribution in [0.25, 0.3) is 0 Å². The lowest BCUT2D eigenvalue weighted by Crippen LogP contribution is -2.34. The van der Waals surface area contributed by atoms with Crippen LogP contribution in [0.5, 0.6) is 11.5 Å². The first-order valence-electron chi connectivity index (χ1n) is 8.43. The van der Waals surface area contributed by atoms with Crippen molar-refractivity contribution >= 4 is 5.91 Å². The highest BCUT2D eigenvalue weighted by Crippen LogP contribution is 2.48. The van der Waals surface area contributed by atoms with Crippen molar-refractivity contribution in [3.8, 4) is 11.5 Å². The number of halogens is 1. The van der Waals surface area contributed by atoms with Crippen molar-refractivity contribution in [2.45, 2.75) is 31.7 Å². The van der Waals surface area contributed by atoms with Gasteiger partial charge in [-0.1, -0.05) is 18.2 Å². The molecule has 1 aliphatic rings. The Bertz CT molecular complexity index is 754. The van der Waals surface area contributed by atoms with Crippen LogP contribution in [0.15, 0.2) is 42.5 Å². The molecule has 4 nitrogen and oxygen atoms in total. The van der Waals surface area contributed by atoms with Crippen molar-refractivity contribution in [1.82, 2.24) is 5.32 Å². The summed E-state index contributed by atoms with van der Waals surface area (Å²) in [6.45, 7) is 2.88.